The summed E-state index contributed by atoms with van der Waals surface area (Å²) in [6.45, 7) is 3.04. The van der Waals surface area contributed by atoms with E-state index in [2.05, 4.69) is 19.4 Å². The maximum Gasteiger partial charge on any atom is 0.266 e. The second-order valence-electron chi connectivity index (χ2n) is 7.86. The summed E-state index contributed by atoms with van der Waals surface area (Å²) in [5.74, 6) is 0.263. The number of nitrogens with zero attached hydrogens (tertiary/aromatic N) is 3. The lowest BCUT2D eigenvalue weighted by molar-refractivity contribution is 0.220. The van der Waals surface area contributed by atoms with Crippen molar-refractivity contribution in [3.05, 3.63) is 70.0 Å². The molecule has 0 amide bonds. The molecule has 0 spiro atoms. The minimum absolute atomic E-state index is 0.203. The van der Waals surface area contributed by atoms with E-state index in [-0.39, 0.29) is 11.4 Å². The lowest BCUT2D eigenvalue weighted by Gasteiger charge is -2.27. The quantitative estimate of drug-likeness (QED) is 0.553. The minimum Gasteiger partial charge on any atom is -0.319 e. The third-order valence-corrected chi connectivity index (χ3v) is 6.25. The van der Waals surface area contributed by atoms with Gasteiger partial charge in [-0.05, 0) is 67.9 Å². The van der Waals surface area contributed by atoms with Crippen molar-refractivity contribution in [2.45, 2.75) is 25.3 Å². The molecule has 0 radical (unpaired) electrons. The van der Waals surface area contributed by atoms with Crippen LogP contribution in [0.1, 0.15) is 30.0 Å². The number of rotatable bonds is 1. The minimum atomic E-state index is -0.214. The molecule has 1 fully saturated rings. The van der Waals surface area contributed by atoms with Gasteiger partial charge in [0.25, 0.3) is 5.56 Å². The maximum atomic E-state index is 14.1. The number of nitrogens with one attached hydrogen (secondary N) is 1. The second kappa shape index (κ2) is 5.75. The standard InChI is InChI=1S/C22H19FN4O/c23-14-1-4-20-16(9-14)17-12-26-7-5-13(6-8-26)22(17)27(20)15-2-3-18-19(10-15)25-21(28)11-24-18/h1-4,9-11,13H,5-8,12H2,(H,25,28). The van der Waals surface area contributed by atoms with Gasteiger partial charge in [-0.1, -0.05) is 0 Å². The molecule has 5 heterocycles. The van der Waals surface area contributed by atoms with Gasteiger partial charge in [-0.25, -0.2) is 9.37 Å². The van der Waals surface area contributed by atoms with E-state index >= 15 is 0 Å². The molecule has 28 heavy (non-hydrogen) atoms. The highest BCUT2D eigenvalue weighted by molar-refractivity contribution is 5.89. The van der Waals surface area contributed by atoms with Gasteiger partial charge >= 0.3 is 0 Å². The van der Waals surface area contributed by atoms with Gasteiger partial charge in [0.05, 0.1) is 22.7 Å². The van der Waals surface area contributed by atoms with Gasteiger partial charge in [-0.3, -0.25) is 9.69 Å². The fourth-order valence-corrected chi connectivity index (χ4v) is 4.98. The molecule has 1 N–H and O–H groups in total. The number of aromatic nitrogens is 3. The summed E-state index contributed by atoms with van der Waals surface area (Å²) < 4.78 is 16.4. The van der Waals surface area contributed by atoms with Crippen LogP contribution in [0.2, 0.25) is 0 Å². The normalized spacial score (nSPS) is 21.2. The molecule has 0 atom stereocenters. The largest absolute Gasteiger partial charge is 0.319 e. The zero-order valence-electron chi connectivity index (χ0n) is 15.3. The van der Waals surface area contributed by atoms with Crippen molar-refractivity contribution in [2.24, 2.45) is 0 Å². The number of aromatic amines is 1. The Balaban J connectivity index is 1.69. The number of H-pyrrole nitrogens is 1. The molecule has 3 aliphatic heterocycles. The molecule has 0 unspecified atom stereocenters. The molecular formula is C22H19FN4O. The third kappa shape index (κ3) is 2.27. The first-order valence-electron chi connectivity index (χ1n) is 9.72. The Morgan fingerprint density at radius 1 is 1.11 bits per heavy atom. The molecule has 5 nitrogen and oxygen atoms in total. The van der Waals surface area contributed by atoms with Crippen LogP contribution in [-0.2, 0) is 6.54 Å². The van der Waals surface area contributed by atoms with Crippen LogP contribution in [0.25, 0.3) is 27.6 Å². The van der Waals surface area contributed by atoms with Gasteiger partial charge < -0.3 is 9.55 Å². The third-order valence-electron chi connectivity index (χ3n) is 6.25. The van der Waals surface area contributed by atoms with Gasteiger partial charge in [0.15, 0.2) is 0 Å². The lowest BCUT2D eigenvalue weighted by atomic mass is 9.94. The van der Waals surface area contributed by atoms with E-state index in [1.54, 1.807) is 6.07 Å². The summed E-state index contributed by atoms with van der Waals surface area (Å²) in [6, 6.07) is 11.0. The average molecular weight is 374 g/mol. The fraction of sp³-hybridized carbons (Fsp3) is 0.273. The van der Waals surface area contributed by atoms with Crippen LogP contribution >= 0.6 is 0 Å². The highest BCUT2D eigenvalue weighted by Crippen LogP contribution is 2.42. The number of benzene rings is 2. The number of fused-ring (bicyclic) bond motifs is 4. The monoisotopic (exact) mass is 374 g/mol. The van der Waals surface area contributed by atoms with Crippen molar-refractivity contribution in [1.82, 2.24) is 19.4 Å². The second-order valence-corrected chi connectivity index (χ2v) is 7.86. The van der Waals surface area contributed by atoms with Gasteiger partial charge in [-0.15, -0.1) is 0 Å². The molecule has 4 aromatic rings. The Hall–Kier alpha value is -2.99. The first kappa shape index (κ1) is 16.0. The van der Waals surface area contributed by atoms with E-state index in [1.165, 1.54) is 23.5 Å². The van der Waals surface area contributed by atoms with E-state index in [4.69, 9.17) is 0 Å². The van der Waals surface area contributed by atoms with Crippen LogP contribution in [0.5, 0.6) is 0 Å². The molecule has 140 valence electrons. The van der Waals surface area contributed by atoms with Crippen molar-refractivity contribution >= 4 is 21.9 Å². The molecular weight excluding hydrogens is 355 g/mol. The first-order chi connectivity index (χ1) is 13.7. The summed E-state index contributed by atoms with van der Waals surface area (Å²) in [5, 5.41) is 0.994. The van der Waals surface area contributed by atoms with Gasteiger partial charge in [-0.2, -0.15) is 0 Å². The highest BCUT2D eigenvalue weighted by Gasteiger charge is 2.33. The fourth-order valence-electron chi connectivity index (χ4n) is 4.98. The van der Waals surface area contributed by atoms with Crippen molar-refractivity contribution in [1.29, 1.82) is 0 Å². The van der Waals surface area contributed by atoms with Crippen molar-refractivity contribution in [2.75, 3.05) is 13.1 Å². The highest BCUT2D eigenvalue weighted by atomic mass is 19.1. The molecule has 0 saturated carbocycles. The zero-order chi connectivity index (χ0) is 18.8. The molecule has 0 aliphatic carbocycles. The van der Waals surface area contributed by atoms with Crippen molar-refractivity contribution in [3.63, 3.8) is 0 Å². The Morgan fingerprint density at radius 2 is 1.96 bits per heavy atom. The van der Waals surface area contributed by atoms with Gasteiger partial charge in [0.2, 0.25) is 0 Å². The van der Waals surface area contributed by atoms with E-state index in [0.29, 0.717) is 11.4 Å². The summed E-state index contributed by atoms with van der Waals surface area (Å²) in [4.78, 5) is 21.3. The topological polar surface area (TPSA) is 53.9 Å². The van der Waals surface area contributed by atoms with Crippen LogP contribution in [0.3, 0.4) is 0 Å². The number of hydrogen-bond acceptors (Lipinski definition) is 3. The predicted octanol–water partition coefficient (Wildman–Crippen LogP) is 3.70. The van der Waals surface area contributed by atoms with E-state index in [1.807, 2.05) is 24.3 Å². The summed E-state index contributed by atoms with van der Waals surface area (Å²) in [7, 11) is 0. The Morgan fingerprint density at radius 3 is 2.82 bits per heavy atom. The average Bonchev–Trinajstić information content (AvgIpc) is 2.82. The molecule has 3 aliphatic rings. The first-order valence-corrected chi connectivity index (χ1v) is 9.72. The Labute approximate surface area is 160 Å². The summed E-state index contributed by atoms with van der Waals surface area (Å²) in [5.41, 5.74) is 5.79. The van der Waals surface area contributed by atoms with E-state index in [9.17, 15) is 9.18 Å². The summed E-state index contributed by atoms with van der Waals surface area (Å²) >= 11 is 0. The SMILES string of the molecule is O=c1cnc2ccc(-n3c4c(c5cc(F)ccc53)CN3CCC4CC3)cc2[nH]1. The van der Waals surface area contributed by atoms with Gasteiger partial charge in [0.1, 0.15) is 5.82 Å². The Bertz CT molecular complexity index is 1300. The Kier molecular flexibility index (Phi) is 3.29. The van der Waals surface area contributed by atoms with Crippen LogP contribution in [0, 0.1) is 5.82 Å². The number of halogens is 1. The predicted molar refractivity (Wildman–Crippen MR) is 106 cm³/mol. The molecule has 2 aromatic heterocycles. The number of hydrogen-bond donors (Lipinski definition) is 1. The van der Waals surface area contributed by atoms with Gasteiger partial charge in [0, 0.05) is 29.2 Å². The maximum absolute atomic E-state index is 14.1. The molecule has 6 heteroatoms. The smallest absolute Gasteiger partial charge is 0.266 e. The lowest BCUT2D eigenvalue weighted by Crippen LogP contribution is -2.29. The molecule has 1 saturated heterocycles. The van der Waals surface area contributed by atoms with E-state index in [0.717, 1.165) is 54.6 Å². The summed E-state index contributed by atoms with van der Waals surface area (Å²) in [6.07, 6.45) is 3.55. The molecule has 7 rings (SSSR count). The van der Waals surface area contributed by atoms with Crippen molar-refractivity contribution in [3.8, 4) is 5.69 Å². The van der Waals surface area contributed by atoms with Crippen molar-refractivity contribution < 1.29 is 4.39 Å². The van der Waals surface area contributed by atoms with Crippen LogP contribution in [-0.4, -0.2) is 32.5 Å². The van der Waals surface area contributed by atoms with Crippen LogP contribution < -0.4 is 5.56 Å². The zero-order valence-corrected chi connectivity index (χ0v) is 15.3. The molecule has 2 aromatic carbocycles. The van der Waals surface area contributed by atoms with Crippen LogP contribution in [0.4, 0.5) is 4.39 Å². The molecule has 2 bridgehead atoms. The van der Waals surface area contributed by atoms with Crippen LogP contribution in [0.15, 0.2) is 47.4 Å². The van der Waals surface area contributed by atoms with E-state index < -0.39 is 0 Å². The number of piperidine rings is 1.